The van der Waals surface area contributed by atoms with E-state index < -0.39 is 0 Å². The van der Waals surface area contributed by atoms with Crippen molar-refractivity contribution in [3.63, 3.8) is 0 Å². The summed E-state index contributed by atoms with van der Waals surface area (Å²) in [7, 11) is 4.16. The molecule has 3 rings (SSSR count). The first-order valence-corrected chi connectivity index (χ1v) is 7.99. The van der Waals surface area contributed by atoms with Crippen molar-refractivity contribution in [1.82, 2.24) is 4.90 Å². The van der Waals surface area contributed by atoms with E-state index in [0.29, 0.717) is 0 Å². The number of hydrogen-bond donors (Lipinski definition) is 0. The van der Waals surface area contributed by atoms with Crippen LogP contribution in [0.5, 0.6) is 0 Å². The van der Waals surface area contributed by atoms with Crippen molar-refractivity contribution in [2.75, 3.05) is 14.1 Å². The van der Waals surface area contributed by atoms with Crippen LogP contribution in [0, 0.1) is 13.8 Å². The SMILES string of the molecule is Cc1ccccc1[C@H]1[C@H](c2ccccc2C)[N+](C)=C(Cl)N1C. The van der Waals surface area contributed by atoms with Crippen LogP contribution in [-0.4, -0.2) is 28.9 Å². The third-order valence-corrected chi connectivity index (χ3v) is 5.26. The number of hydrogen-bond acceptors (Lipinski definition) is 1. The molecule has 1 aliphatic heterocycles. The van der Waals surface area contributed by atoms with Gasteiger partial charge >= 0.3 is 5.29 Å². The number of nitrogens with zero attached hydrogens (tertiary/aromatic N) is 2. The Morgan fingerprint density at radius 3 is 1.95 bits per heavy atom. The molecule has 1 heterocycles. The molecule has 2 aromatic carbocycles. The number of aryl methyl sites for hydroxylation is 2. The second-order valence-electron chi connectivity index (χ2n) is 6.09. The molecule has 0 radical (unpaired) electrons. The average molecular weight is 314 g/mol. The van der Waals surface area contributed by atoms with Crippen molar-refractivity contribution in [2.24, 2.45) is 0 Å². The maximum atomic E-state index is 6.58. The lowest BCUT2D eigenvalue weighted by Crippen LogP contribution is -2.25. The van der Waals surface area contributed by atoms with Gasteiger partial charge in [0.25, 0.3) is 0 Å². The summed E-state index contributed by atoms with van der Waals surface area (Å²) < 4.78 is 2.18. The Kier molecular flexibility index (Phi) is 3.96. The van der Waals surface area contributed by atoms with Gasteiger partial charge in [-0.3, -0.25) is 0 Å². The van der Waals surface area contributed by atoms with Crippen LogP contribution in [0.1, 0.15) is 34.3 Å². The maximum absolute atomic E-state index is 6.58. The van der Waals surface area contributed by atoms with Crippen molar-refractivity contribution in [3.05, 3.63) is 70.8 Å². The number of benzene rings is 2. The monoisotopic (exact) mass is 313 g/mol. The molecule has 0 unspecified atom stereocenters. The van der Waals surface area contributed by atoms with Gasteiger partial charge in [-0.1, -0.05) is 48.5 Å². The minimum Gasteiger partial charge on any atom is -0.242 e. The van der Waals surface area contributed by atoms with Crippen LogP contribution in [-0.2, 0) is 0 Å². The van der Waals surface area contributed by atoms with Gasteiger partial charge in [0.1, 0.15) is 0 Å². The van der Waals surface area contributed by atoms with Gasteiger partial charge in [-0.25, -0.2) is 9.48 Å². The van der Waals surface area contributed by atoms with E-state index in [0.717, 1.165) is 5.29 Å². The fraction of sp³-hybridized carbons (Fsp3) is 0.316. The van der Waals surface area contributed by atoms with Crippen molar-refractivity contribution in [3.8, 4) is 0 Å². The normalized spacial score (nSPS) is 21.6. The van der Waals surface area contributed by atoms with Gasteiger partial charge in [-0.15, -0.1) is 0 Å². The maximum Gasteiger partial charge on any atom is 0.345 e. The molecule has 2 atom stereocenters. The van der Waals surface area contributed by atoms with E-state index in [1.807, 2.05) is 0 Å². The third kappa shape index (κ3) is 2.32. The van der Waals surface area contributed by atoms with Gasteiger partial charge in [0.2, 0.25) is 0 Å². The molecule has 0 aromatic heterocycles. The fourth-order valence-electron chi connectivity index (χ4n) is 3.50. The summed E-state index contributed by atoms with van der Waals surface area (Å²) in [4.78, 5) is 2.18. The van der Waals surface area contributed by atoms with Crippen molar-refractivity contribution < 1.29 is 4.58 Å². The van der Waals surface area contributed by atoms with E-state index in [1.165, 1.54) is 22.3 Å². The van der Waals surface area contributed by atoms with Crippen molar-refractivity contribution in [2.45, 2.75) is 25.9 Å². The highest BCUT2D eigenvalue weighted by Crippen LogP contribution is 2.42. The second-order valence-corrected chi connectivity index (χ2v) is 6.43. The smallest absolute Gasteiger partial charge is 0.242 e. The highest BCUT2D eigenvalue weighted by molar-refractivity contribution is 6.63. The first-order chi connectivity index (χ1) is 10.5. The molecule has 0 spiro atoms. The quantitative estimate of drug-likeness (QED) is 0.593. The van der Waals surface area contributed by atoms with Crippen LogP contribution < -0.4 is 0 Å². The van der Waals surface area contributed by atoms with E-state index in [9.17, 15) is 0 Å². The van der Waals surface area contributed by atoms with E-state index in [2.05, 4.69) is 85.9 Å². The molecule has 0 aliphatic carbocycles. The van der Waals surface area contributed by atoms with Gasteiger partial charge in [0.15, 0.2) is 12.1 Å². The van der Waals surface area contributed by atoms with Crippen LogP contribution in [0.3, 0.4) is 0 Å². The van der Waals surface area contributed by atoms with Crippen LogP contribution in [0.15, 0.2) is 48.5 Å². The molecule has 114 valence electrons. The Balaban J connectivity index is 2.17. The van der Waals surface area contributed by atoms with Gasteiger partial charge in [0, 0.05) is 22.7 Å². The Hall–Kier alpha value is -1.80. The molecule has 0 fully saturated rings. The molecule has 0 saturated heterocycles. The first kappa shape index (κ1) is 15.1. The number of likely N-dealkylation sites (N-methyl/N-ethyl adjacent to an activating group) is 2. The van der Waals surface area contributed by atoms with Gasteiger partial charge in [-0.2, -0.15) is 0 Å². The molecule has 2 aromatic rings. The number of halogens is 1. The topological polar surface area (TPSA) is 6.25 Å². The standard InChI is InChI=1S/C19H22ClN2/c1-13-9-5-7-11-15(13)17-18(22(4)19(20)21(17)3)16-12-8-6-10-14(16)2/h5-12,17-18H,1-4H3/q+1/t17-,18-/m0/s1. The summed E-state index contributed by atoms with van der Waals surface area (Å²) in [6.45, 7) is 4.34. The first-order valence-electron chi connectivity index (χ1n) is 7.61. The van der Waals surface area contributed by atoms with Crippen LogP contribution in [0.25, 0.3) is 0 Å². The van der Waals surface area contributed by atoms with Gasteiger partial charge in [0.05, 0.1) is 14.1 Å². The molecule has 22 heavy (non-hydrogen) atoms. The van der Waals surface area contributed by atoms with Crippen LogP contribution in [0.4, 0.5) is 0 Å². The molecule has 0 N–H and O–H groups in total. The van der Waals surface area contributed by atoms with Crippen molar-refractivity contribution >= 4 is 16.9 Å². The molecule has 0 amide bonds. The van der Waals surface area contributed by atoms with Crippen LogP contribution in [0.2, 0.25) is 0 Å². The minimum absolute atomic E-state index is 0.222. The molecule has 1 aliphatic rings. The largest absolute Gasteiger partial charge is 0.345 e. The molecular formula is C19H22ClN2+. The average Bonchev–Trinajstić information content (AvgIpc) is 2.73. The van der Waals surface area contributed by atoms with E-state index >= 15 is 0 Å². The zero-order valence-corrected chi connectivity index (χ0v) is 14.3. The van der Waals surface area contributed by atoms with Crippen molar-refractivity contribution in [1.29, 1.82) is 0 Å². The minimum atomic E-state index is 0.222. The van der Waals surface area contributed by atoms with E-state index in [1.54, 1.807) is 0 Å². The molecule has 3 heteroatoms. The molecule has 2 nitrogen and oxygen atoms in total. The predicted molar refractivity (Wildman–Crippen MR) is 92.6 cm³/mol. The fourth-order valence-corrected chi connectivity index (χ4v) is 3.71. The lowest BCUT2D eigenvalue weighted by molar-refractivity contribution is -0.537. The van der Waals surface area contributed by atoms with Crippen LogP contribution >= 0.6 is 11.6 Å². The van der Waals surface area contributed by atoms with Gasteiger partial charge in [-0.05, 0) is 25.0 Å². The lowest BCUT2D eigenvalue weighted by atomic mass is 9.89. The van der Waals surface area contributed by atoms with Gasteiger partial charge < -0.3 is 0 Å². The summed E-state index contributed by atoms with van der Waals surface area (Å²) in [6.07, 6.45) is 0. The Morgan fingerprint density at radius 2 is 1.41 bits per heavy atom. The second kappa shape index (κ2) is 5.77. The molecule has 0 saturated carbocycles. The summed E-state index contributed by atoms with van der Waals surface area (Å²) in [5.74, 6) is 0. The summed E-state index contributed by atoms with van der Waals surface area (Å²) >= 11 is 6.58. The molecule has 0 bridgehead atoms. The summed E-state index contributed by atoms with van der Waals surface area (Å²) in [6, 6.07) is 17.6. The molecular weight excluding hydrogens is 292 g/mol. The third-order valence-electron chi connectivity index (χ3n) is 4.73. The van der Waals surface area contributed by atoms with E-state index in [-0.39, 0.29) is 12.1 Å². The summed E-state index contributed by atoms with van der Waals surface area (Å²) in [5, 5.41) is 0.793. The Bertz CT molecular complexity index is 736. The number of amidine groups is 1. The Labute approximate surface area is 137 Å². The zero-order chi connectivity index (χ0) is 15.9. The lowest BCUT2D eigenvalue weighted by Gasteiger charge is -2.23. The Morgan fingerprint density at radius 1 is 0.909 bits per heavy atom. The zero-order valence-electron chi connectivity index (χ0n) is 13.5. The summed E-state index contributed by atoms with van der Waals surface area (Å²) in [5.41, 5.74) is 5.27. The highest BCUT2D eigenvalue weighted by Gasteiger charge is 2.46. The highest BCUT2D eigenvalue weighted by atomic mass is 35.5. The predicted octanol–water partition coefficient (Wildman–Crippen LogP) is 4.27. The number of rotatable bonds is 2. The van der Waals surface area contributed by atoms with E-state index in [4.69, 9.17) is 11.6 Å².